The fourth-order valence-electron chi connectivity index (χ4n) is 2.89. The fourth-order valence-corrected chi connectivity index (χ4v) is 3.50. The van der Waals surface area contributed by atoms with Crippen molar-refractivity contribution < 1.29 is 19.1 Å². The summed E-state index contributed by atoms with van der Waals surface area (Å²) >= 11 is 12.6. The van der Waals surface area contributed by atoms with Crippen LogP contribution in [0.3, 0.4) is 0 Å². The fraction of sp³-hybridized carbons (Fsp3) is 0.190. The third-order valence-electron chi connectivity index (χ3n) is 4.22. The van der Waals surface area contributed by atoms with E-state index >= 15 is 0 Å². The molecule has 2 aromatic rings. The van der Waals surface area contributed by atoms with Gasteiger partial charge in [0, 0.05) is 18.2 Å². The van der Waals surface area contributed by atoms with Gasteiger partial charge in [-0.25, -0.2) is 9.69 Å². The van der Waals surface area contributed by atoms with E-state index in [1.54, 1.807) is 36.4 Å². The number of amides is 3. The molecular formula is C21H19Cl2N3O4. The molecule has 156 valence electrons. The van der Waals surface area contributed by atoms with E-state index in [4.69, 9.17) is 27.9 Å². The van der Waals surface area contributed by atoms with Crippen LogP contribution in [0.25, 0.3) is 5.70 Å². The molecule has 30 heavy (non-hydrogen) atoms. The van der Waals surface area contributed by atoms with Crippen LogP contribution in [0, 0.1) is 0 Å². The number of halogens is 2. The van der Waals surface area contributed by atoms with Crippen LogP contribution in [-0.4, -0.2) is 27.8 Å². The summed E-state index contributed by atoms with van der Waals surface area (Å²) in [6.45, 7) is 2.73. The summed E-state index contributed by atoms with van der Waals surface area (Å²) in [7, 11) is 0. The number of ether oxygens (including phenoxy) is 1. The number of rotatable bonds is 4. The number of anilines is 1. The Hall–Kier alpha value is -3.03. The van der Waals surface area contributed by atoms with Gasteiger partial charge in [0.1, 0.15) is 11.8 Å². The van der Waals surface area contributed by atoms with Crippen molar-refractivity contribution in [3.05, 3.63) is 70.9 Å². The number of hydrogen-bond donors (Lipinski definition) is 2. The van der Waals surface area contributed by atoms with Crippen LogP contribution in [0.5, 0.6) is 0 Å². The minimum Gasteiger partial charge on any atom is -0.444 e. The van der Waals surface area contributed by atoms with Gasteiger partial charge >= 0.3 is 6.09 Å². The molecule has 0 spiro atoms. The molecule has 9 heteroatoms. The summed E-state index contributed by atoms with van der Waals surface area (Å²) in [5.74, 6) is -1.01. The minimum atomic E-state index is -1.64. The molecule has 1 aliphatic rings. The summed E-state index contributed by atoms with van der Waals surface area (Å²) in [4.78, 5) is 36.4. The number of imide groups is 1. The third kappa shape index (κ3) is 4.75. The highest BCUT2D eigenvalue weighted by Crippen LogP contribution is 2.35. The predicted molar refractivity (Wildman–Crippen MR) is 114 cm³/mol. The molecule has 0 radical (unpaired) electrons. The first kappa shape index (κ1) is 21.7. The molecule has 0 aromatic heterocycles. The van der Waals surface area contributed by atoms with Crippen LogP contribution in [-0.2, 0) is 20.9 Å². The van der Waals surface area contributed by atoms with Crippen LogP contribution in [0.2, 0.25) is 0 Å². The molecule has 1 unspecified atom stereocenters. The lowest BCUT2D eigenvalue weighted by Crippen LogP contribution is -2.57. The first-order valence-electron chi connectivity index (χ1n) is 8.99. The standard InChI is InChI=1S/C21H19Cl2N3O4/c1-13(27)24-16-10-6-9-15(11-16)17-18(22)25-21(2,23)19(28)26(17)20(29)30-12-14-7-4-3-5-8-14/h3-11,25H,12H2,1-2H3,(H,24,27). The summed E-state index contributed by atoms with van der Waals surface area (Å²) in [6.07, 6.45) is -0.921. The van der Waals surface area contributed by atoms with E-state index in [1.807, 2.05) is 18.2 Å². The van der Waals surface area contributed by atoms with E-state index in [-0.39, 0.29) is 23.4 Å². The van der Waals surface area contributed by atoms with Gasteiger partial charge in [-0.1, -0.05) is 65.7 Å². The molecule has 1 heterocycles. The lowest BCUT2D eigenvalue weighted by Gasteiger charge is -2.36. The van der Waals surface area contributed by atoms with Gasteiger partial charge in [-0.3, -0.25) is 9.59 Å². The number of hydrogen-bond acceptors (Lipinski definition) is 5. The van der Waals surface area contributed by atoms with E-state index < -0.39 is 17.0 Å². The normalized spacial score (nSPS) is 18.7. The molecule has 0 saturated heterocycles. The highest BCUT2D eigenvalue weighted by Gasteiger charge is 2.46. The van der Waals surface area contributed by atoms with Gasteiger partial charge in [-0.2, -0.15) is 0 Å². The zero-order chi connectivity index (χ0) is 21.9. The highest BCUT2D eigenvalue weighted by atomic mass is 35.5. The van der Waals surface area contributed by atoms with Gasteiger partial charge in [-0.15, -0.1) is 0 Å². The molecule has 3 rings (SSSR count). The van der Waals surface area contributed by atoms with Gasteiger partial charge in [0.05, 0.1) is 5.70 Å². The molecule has 3 amide bonds. The number of carbonyl (C=O) groups excluding carboxylic acids is 3. The Morgan fingerprint density at radius 1 is 1.17 bits per heavy atom. The maximum absolute atomic E-state index is 13.0. The van der Waals surface area contributed by atoms with Gasteiger partial charge < -0.3 is 15.4 Å². The Morgan fingerprint density at radius 2 is 1.87 bits per heavy atom. The summed E-state index contributed by atoms with van der Waals surface area (Å²) in [5.41, 5.74) is 1.72. The molecule has 1 atom stereocenters. The maximum Gasteiger partial charge on any atom is 0.421 e. The predicted octanol–water partition coefficient (Wildman–Crippen LogP) is 4.23. The largest absolute Gasteiger partial charge is 0.444 e. The summed E-state index contributed by atoms with van der Waals surface area (Å²) in [5, 5.41) is 5.33. The van der Waals surface area contributed by atoms with E-state index in [2.05, 4.69) is 10.6 Å². The lowest BCUT2D eigenvalue weighted by molar-refractivity contribution is -0.130. The van der Waals surface area contributed by atoms with Crippen molar-refractivity contribution in [2.75, 3.05) is 5.32 Å². The van der Waals surface area contributed by atoms with Crippen LogP contribution < -0.4 is 10.6 Å². The second-order valence-electron chi connectivity index (χ2n) is 6.73. The van der Waals surface area contributed by atoms with Gasteiger partial charge in [0.15, 0.2) is 5.00 Å². The maximum atomic E-state index is 13.0. The monoisotopic (exact) mass is 447 g/mol. The minimum absolute atomic E-state index is 0.0104. The van der Waals surface area contributed by atoms with Crippen LogP contribution in [0.1, 0.15) is 25.0 Å². The Morgan fingerprint density at radius 3 is 2.53 bits per heavy atom. The first-order valence-corrected chi connectivity index (χ1v) is 9.75. The second-order valence-corrected chi connectivity index (χ2v) is 7.87. The first-order chi connectivity index (χ1) is 14.2. The molecule has 0 fully saturated rings. The van der Waals surface area contributed by atoms with Crippen molar-refractivity contribution in [3.8, 4) is 0 Å². The molecular weight excluding hydrogens is 429 g/mol. The van der Waals surface area contributed by atoms with Crippen molar-refractivity contribution in [1.82, 2.24) is 10.2 Å². The lowest BCUT2D eigenvalue weighted by atomic mass is 10.1. The van der Waals surface area contributed by atoms with Crippen LogP contribution in [0.4, 0.5) is 10.5 Å². The Balaban J connectivity index is 1.97. The average molecular weight is 448 g/mol. The number of carbonyl (C=O) groups is 3. The Kier molecular flexibility index (Phi) is 6.34. The van der Waals surface area contributed by atoms with E-state index in [9.17, 15) is 14.4 Å². The molecule has 2 aromatic carbocycles. The molecule has 1 aliphatic heterocycles. The van der Waals surface area contributed by atoms with Gasteiger partial charge in [0.25, 0.3) is 5.91 Å². The summed E-state index contributed by atoms with van der Waals surface area (Å²) in [6, 6.07) is 15.6. The van der Waals surface area contributed by atoms with Crippen molar-refractivity contribution in [3.63, 3.8) is 0 Å². The van der Waals surface area contributed by atoms with E-state index in [1.165, 1.54) is 13.8 Å². The zero-order valence-electron chi connectivity index (χ0n) is 16.2. The van der Waals surface area contributed by atoms with Crippen molar-refractivity contribution >= 4 is 52.5 Å². The molecule has 7 nitrogen and oxygen atoms in total. The topological polar surface area (TPSA) is 87.7 Å². The van der Waals surface area contributed by atoms with Crippen LogP contribution >= 0.6 is 23.2 Å². The number of nitrogens with zero attached hydrogens (tertiary/aromatic N) is 1. The third-order valence-corrected chi connectivity index (χ3v) is 4.75. The van der Waals surface area contributed by atoms with Crippen molar-refractivity contribution in [2.24, 2.45) is 0 Å². The molecule has 0 bridgehead atoms. The molecule has 0 aliphatic carbocycles. The average Bonchev–Trinajstić information content (AvgIpc) is 2.69. The number of nitrogens with one attached hydrogen (secondary N) is 2. The Bertz CT molecular complexity index is 1020. The summed E-state index contributed by atoms with van der Waals surface area (Å²) < 4.78 is 5.34. The van der Waals surface area contributed by atoms with Crippen molar-refractivity contribution in [1.29, 1.82) is 0 Å². The van der Waals surface area contributed by atoms with Crippen LogP contribution in [0.15, 0.2) is 59.8 Å². The van der Waals surface area contributed by atoms with E-state index in [0.29, 0.717) is 11.3 Å². The van der Waals surface area contributed by atoms with Gasteiger partial charge in [0.2, 0.25) is 5.91 Å². The number of benzene rings is 2. The SMILES string of the molecule is CC(=O)Nc1cccc(C2=C(Cl)NC(C)(Cl)C(=O)N2C(=O)OCc2ccccc2)c1. The zero-order valence-corrected chi connectivity index (χ0v) is 17.8. The quantitative estimate of drug-likeness (QED) is 0.540. The van der Waals surface area contributed by atoms with E-state index in [0.717, 1.165) is 10.5 Å². The second kappa shape index (κ2) is 8.77. The molecule has 2 N–H and O–H groups in total. The Labute approximate surface area is 183 Å². The number of alkyl halides is 1. The highest BCUT2D eigenvalue weighted by molar-refractivity contribution is 6.40. The van der Waals surface area contributed by atoms with Crippen molar-refractivity contribution in [2.45, 2.75) is 25.5 Å². The smallest absolute Gasteiger partial charge is 0.421 e. The molecule has 0 saturated carbocycles. The van der Waals surface area contributed by atoms with Gasteiger partial charge in [-0.05, 0) is 24.6 Å².